The van der Waals surface area contributed by atoms with Crippen molar-refractivity contribution in [3.63, 3.8) is 0 Å². The van der Waals surface area contributed by atoms with Gasteiger partial charge in [0.25, 0.3) is 0 Å². The van der Waals surface area contributed by atoms with Crippen molar-refractivity contribution in [1.29, 1.82) is 0 Å². The first kappa shape index (κ1) is 13.5. The average Bonchev–Trinajstić information content (AvgIpc) is 3.12. The van der Waals surface area contributed by atoms with E-state index in [0.717, 1.165) is 31.2 Å². The van der Waals surface area contributed by atoms with Crippen LogP contribution in [0.15, 0.2) is 29.2 Å². The van der Waals surface area contributed by atoms with Gasteiger partial charge in [-0.1, -0.05) is 12.1 Å². The molecule has 2 N–H and O–H groups in total. The van der Waals surface area contributed by atoms with Crippen molar-refractivity contribution < 1.29 is 8.42 Å². The summed E-state index contributed by atoms with van der Waals surface area (Å²) < 4.78 is 22.6. The fraction of sp³-hybridized carbons (Fsp3) is 0.538. The van der Waals surface area contributed by atoms with E-state index in [1.165, 1.54) is 19.1 Å². The molecular formula is C13H20N2O2S. The highest BCUT2D eigenvalue weighted by molar-refractivity contribution is 7.90. The van der Waals surface area contributed by atoms with E-state index in [-0.39, 0.29) is 0 Å². The van der Waals surface area contributed by atoms with Crippen LogP contribution in [-0.2, 0) is 16.4 Å². The molecule has 18 heavy (non-hydrogen) atoms. The van der Waals surface area contributed by atoms with Crippen molar-refractivity contribution in [2.75, 3.05) is 19.3 Å². The number of nitrogens with one attached hydrogen (secondary N) is 2. The summed E-state index contributed by atoms with van der Waals surface area (Å²) in [6, 6.07) is 7.79. The topological polar surface area (TPSA) is 58.2 Å². The van der Waals surface area contributed by atoms with Gasteiger partial charge in [-0.05, 0) is 30.5 Å². The molecule has 5 heteroatoms. The quantitative estimate of drug-likeness (QED) is 0.722. The zero-order valence-electron chi connectivity index (χ0n) is 10.6. The van der Waals surface area contributed by atoms with Crippen LogP contribution in [0.4, 0.5) is 0 Å². The fourth-order valence-corrected chi connectivity index (χ4v) is 2.37. The average molecular weight is 268 g/mol. The summed E-state index contributed by atoms with van der Waals surface area (Å²) in [6.07, 6.45) is 3.85. The molecule has 0 radical (unpaired) electrons. The van der Waals surface area contributed by atoms with Gasteiger partial charge in [-0.15, -0.1) is 0 Å². The van der Waals surface area contributed by atoms with Gasteiger partial charge in [0.2, 0.25) is 0 Å². The van der Waals surface area contributed by atoms with Crippen molar-refractivity contribution in [2.24, 2.45) is 0 Å². The number of hydrogen-bond donors (Lipinski definition) is 2. The molecule has 0 spiro atoms. The van der Waals surface area contributed by atoms with Crippen LogP contribution in [0, 0.1) is 0 Å². The van der Waals surface area contributed by atoms with Crippen LogP contribution in [0.25, 0.3) is 0 Å². The molecule has 0 atom stereocenters. The molecule has 2 rings (SSSR count). The maximum Gasteiger partial charge on any atom is 0.175 e. The third-order valence-electron chi connectivity index (χ3n) is 2.99. The summed E-state index contributed by atoms with van der Waals surface area (Å²) in [6.45, 7) is 2.70. The fourth-order valence-electron chi connectivity index (χ4n) is 1.74. The molecule has 1 fully saturated rings. The van der Waals surface area contributed by atoms with E-state index in [4.69, 9.17) is 0 Å². The van der Waals surface area contributed by atoms with Crippen LogP contribution in [0.3, 0.4) is 0 Å². The Bertz CT molecular complexity index is 478. The van der Waals surface area contributed by atoms with Gasteiger partial charge in [-0.25, -0.2) is 8.42 Å². The molecule has 0 heterocycles. The van der Waals surface area contributed by atoms with Crippen LogP contribution >= 0.6 is 0 Å². The minimum atomic E-state index is -3.08. The van der Waals surface area contributed by atoms with Gasteiger partial charge >= 0.3 is 0 Å². The lowest BCUT2D eigenvalue weighted by molar-refractivity contribution is 0.601. The summed E-state index contributed by atoms with van der Waals surface area (Å²) in [4.78, 5) is 0.377. The Morgan fingerprint density at radius 2 is 1.83 bits per heavy atom. The first-order chi connectivity index (χ1) is 8.55. The molecule has 0 bridgehead atoms. The molecule has 0 amide bonds. The third-order valence-corrected chi connectivity index (χ3v) is 4.12. The standard InChI is InChI=1S/C13H20N2O2S/c1-18(16,17)13-6-2-11(3-7-13)10-14-8-9-15-12-4-5-12/h2-3,6-7,12,14-15H,4-5,8-10H2,1H3. The van der Waals surface area contributed by atoms with E-state index in [2.05, 4.69) is 10.6 Å². The minimum absolute atomic E-state index is 0.377. The van der Waals surface area contributed by atoms with E-state index in [9.17, 15) is 8.42 Å². The number of rotatable bonds is 7. The molecule has 0 saturated heterocycles. The van der Waals surface area contributed by atoms with Crippen molar-refractivity contribution >= 4 is 9.84 Å². The highest BCUT2D eigenvalue weighted by Crippen LogP contribution is 2.17. The second kappa shape index (κ2) is 5.82. The summed E-state index contributed by atoms with van der Waals surface area (Å²) in [5, 5.41) is 6.76. The van der Waals surface area contributed by atoms with Crippen molar-refractivity contribution in [3.05, 3.63) is 29.8 Å². The largest absolute Gasteiger partial charge is 0.313 e. The molecule has 1 aliphatic carbocycles. The first-order valence-electron chi connectivity index (χ1n) is 6.29. The molecule has 1 aromatic carbocycles. The van der Waals surface area contributed by atoms with Crippen molar-refractivity contribution in [2.45, 2.75) is 30.3 Å². The van der Waals surface area contributed by atoms with Gasteiger partial charge in [-0.3, -0.25) is 0 Å². The molecule has 1 saturated carbocycles. The Hall–Kier alpha value is -0.910. The molecular weight excluding hydrogens is 248 g/mol. The van der Waals surface area contributed by atoms with Gasteiger partial charge in [0.15, 0.2) is 9.84 Å². The van der Waals surface area contributed by atoms with Crippen LogP contribution < -0.4 is 10.6 Å². The van der Waals surface area contributed by atoms with E-state index in [1.807, 2.05) is 12.1 Å². The Labute approximate surface area is 109 Å². The van der Waals surface area contributed by atoms with Gasteiger partial charge in [-0.2, -0.15) is 0 Å². The zero-order chi connectivity index (χ0) is 13.0. The Morgan fingerprint density at radius 1 is 1.17 bits per heavy atom. The Kier molecular flexibility index (Phi) is 4.37. The molecule has 0 aromatic heterocycles. The van der Waals surface area contributed by atoms with Crippen LogP contribution in [0.5, 0.6) is 0 Å². The second-order valence-electron chi connectivity index (χ2n) is 4.82. The van der Waals surface area contributed by atoms with Crippen LogP contribution in [0.1, 0.15) is 18.4 Å². The highest BCUT2D eigenvalue weighted by Gasteiger charge is 2.19. The lowest BCUT2D eigenvalue weighted by Gasteiger charge is -2.06. The normalized spacial score (nSPS) is 15.8. The predicted molar refractivity (Wildman–Crippen MR) is 72.3 cm³/mol. The van der Waals surface area contributed by atoms with Gasteiger partial charge < -0.3 is 10.6 Å². The van der Waals surface area contributed by atoms with Crippen molar-refractivity contribution in [1.82, 2.24) is 10.6 Å². The highest BCUT2D eigenvalue weighted by atomic mass is 32.2. The molecule has 100 valence electrons. The van der Waals surface area contributed by atoms with Crippen molar-refractivity contribution in [3.8, 4) is 0 Å². The Morgan fingerprint density at radius 3 is 2.39 bits per heavy atom. The van der Waals surface area contributed by atoms with E-state index >= 15 is 0 Å². The lowest BCUT2D eigenvalue weighted by Crippen LogP contribution is -2.28. The molecule has 0 aliphatic heterocycles. The number of sulfone groups is 1. The minimum Gasteiger partial charge on any atom is -0.313 e. The zero-order valence-corrected chi connectivity index (χ0v) is 11.5. The molecule has 1 aromatic rings. The molecule has 1 aliphatic rings. The predicted octanol–water partition coefficient (Wildman–Crippen LogP) is 0.932. The smallest absolute Gasteiger partial charge is 0.175 e. The summed E-state index contributed by atoms with van der Waals surface area (Å²) in [5.41, 5.74) is 1.11. The maximum absolute atomic E-state index is 11.3. The lowest BCUT2D eigenvalue weighted by atomic mass is 10.2. The summed E-state index contributed by atoms with van der Waals surface area (Å²) >= 11 is 0. The van der Waals surface area contributed by atoms with E-state index in [0.29, 0.717) is 4.90 Å². The van der Waals surface area contributed by atoms with Crippen LogP contribution in [0.2, 0.25) is 0 Å². The second-order valence-corrected chi connectivity index (χ2v) is 6.84. The summed E-state index contributed by atoms with van der Waals surface area (Å²) in [5.74, 6) is 0. The molecule has 0 unspecified atom stereocenters. The van der Waals surface area contributed by atoms with Crippen LogP contribution in [-0.4, -0.2) is 33.8 Å². The third kappa shape index (κ3) is 4.40. The monoisotopic (exact) mass is 268 g/mol. The maximum atomic E-state index is 11.3. The first-order valence-corrected chi connectivity index (χ1v) is 8.18. The van der Waals surface area contributed by atoms with Gasteiger partial charge in [0.1, 0.15) is 0 Å². The SMILES string of the molecule is CS(=O)(=O)c1ccc(CNCCNC2CC2)cc1. The Balaban J connectivity index is 1.72. The molecule has 4 nitrogen and oxygen atoms in total. The number of benzene rings is 1. The van der Waals surface area contributed by atoms with Gasteiger partial charge in [0, 0.05) is 31.9 Å². The van der Waals surface area contributed by atoms with Gasteiger partial charge in [0.05, 0.1) is 4.90 Å². The van der Waals surface area contributed by atoms with E-state index < -0.39 is 9.84 Å². The summed E-state index contributed by atoms with van der Waals surface area (Å²) in [7, 11) is -3.08. The number of hydrogen-bond acceptors (Lipinski definition) is 4. The van der Waals surface area contributed by atoms with E-state index in [1.54, 1.807) is 12.1 Å².